The Hall–Kier alpha value is -1.58. The van der Waals surface area contributed by atoms with Crippen molar-refractivity contribution in [3.63, 3.8) is 0 Å². The minimum absolute atomic E-state index is 0.00671. The summed E-state index contributed by atoms with van der Waals surface area (Å²) in [6, 6.07) is 0. The number of likely N-dealkylation sites (tertiary alicyclic amines) is 1. The van der Waals surface area contributed by atoms with Crippen LogP contribution in [0.25, 0.3) is 0 Å². The summed E-state index contributed by atoms with van der Waals surface area (Å²) < 4.78 is 4.96. The van der Waals surface area contributed by atoms with E-state index in [-0.39, 0.29) is 18.3 Å². The number of hydrogen-bond acceptors (Lipinski definition) is 3. The quantitative estimate of drug-likeness (QED) is 0.547. The third-order valence-corrected chi connectivity index (χ3v) is 3.34. The van der Waals surface area contributed by atoms with Gasteiger partial charge in [-0.3, -0.25) is 9.59 Å². The summed E-state index contributed by atoms with van der Waals surface area (Å²) in [6.45, 7) is 2.73. The number of nitrogens with zero attached hydrogens (tertiary/aromatic N) is 1. The SMILES string of the molecule is CCOC(=O)CC12C=CCC=C1CN(C)C2=O. The second-order valence-electron chi connectivity index (χ2n) is 4.48. The molecule has 0 radical (unpaired) electrons. The summed E-state index contributed by atoms with van der Waals surface area (Å²) in [4.78, 5) is 25.5. The van der Waals surface area contributed by atoms with E-state index in [1.54, 1.807) is 18.9 Å². The van der Waals surface area contributed by atoms with E-state index in [0.717, 1.165) is 12.0 Å². The van der Waals surface area contributed by atoms with Gasteiger partial charge in [0.1, 0.15) is 5.41 Å². The number of likely N-dealkylation sites (N-methyl/N-ethyl adjacent to an activating group) is 1. The van der Waals surface area contributed by atoms with Crippen molar-refractivity contribution in [3.05, 3.63) is 23.8 Å². The van der Waals surface area contributed by atoms with Crippen LogP contribution in [0.2, 0.25) is 0 Å². The second kappa shape index (κ2) is 4.35. The Morgan fingerprint density at radius 2 is 2.35 bits per heavy atom. The molecule has 1 aliphatic carbocycles. The maximum Gasteiger partial charge on any atom is 0.307 e. The van der Waals surface area contributed by atoms with Gasteiger partial charge in [0.05, 0.1) is 13.0 Å². The molecule has 1 atom stereocenters. The van der Waals surface area contributed by atoms with Crippen molar-refractivity contribution < 1.29 is 14.3 Å². The number of carbonyl (C=O) groups excluding carboxylic acids is 2. The summed E-state index contributed by atoms with van der Waals surface area (Å²) in [5, 5.41) is 0. The third kappa shape index (κ3) is 1.88. The van der Waals surface area contributed by atoms with Crippen LogP contribution in [0.5, 0.6) is 0 Å². The molecule has 2 rings (SSSR count). The lowest BCUT2D eigenvalue weighted by Gasteiger charge is -2.26. The van der Waals surface area contributed by atoms with Gasteiger partial charge < -0.3 is 9.64 Å². The van der Waals surface area contributed by atoms with Crippen LogP contribution in [-0.2, 0) is 14.3 Å². The Morgan fingerprint density at radius 1 is 1.59 bits per heavy atom. The zero-order valence-electron chi connectivity index (χ0n) is 10.2. The summed E-state index contributed by atoms with van der Waals surface area (Å²) in [7, 11) is 1.77. The van der Waals surface area contributed by atoms with Crippen LogP contribution in [0, 0.1) is 5.41 Å². The second-order valence-corrected chi connectivity index (χ2v) is 4.48. The lowest BCUT2D eigenvalue weighted by atomic mass is 9.76. The van der Waals surface area contributed by atoms with Crippen molar-refractivity contribution in [2.24, 2.45) is 5.41 Å². The molecular formula is C13H17NO3. The summed E-state index contributed by atoms with van der Waals surface area (Å²) >= 11 is 0. The van der Waals surface area contributed by atoms with Crippen molar-refractivity contribution in [2.45, 2.75) is 19.8 Å². The van der Waals surface area contributed by atoms with Crippen LogP contribution < -0.4 is 0 Å². The molecule has 1 amide bonds. The molecule has 1 fully saturated rings. The van der Waals surface area contributed by atoms with Crippen molar-refractivity contribution in [1.29, 1.82) is 0 Å². The maximum atomic E-state index is 12.2. The van der Waals surface area contributed by atoms with E-state index >= 15 is 0 Å². The zero-order chi connectivity index (χ0) is 12.5. The van der Waals surface area contributed by atoms with Crippen molar-refractivity contribution >= 4 is 11.9 Å². The summed E-state index contributed by atoms with van der Waals surface area (Å²) in [5.74, 6) is -0.318. The lowest BCUT2D eigenvalue weighted by molar-refractivity contribution is -0.148. The van der Waals surface area contributed by atoms with Crippen LogP contribution in [0.4, 0.5) is 0 Å². The van der Waals surface area contributed by atoms with Gasteiger partial charge in [0.2, 0.25) is 5.91 Å². The first-order chi connectivity index (χ1) is 8.10. The molecule has 0 aromatic rings. The first-order valence-corrected chi connectivity index (χ1v) is 5.88. The Labute approximate surface area is 101 Å². The predicted molar refractivity (Wildman–Crippen MR) is 63.2 cm³/mol. The number of carbonyl (C=O) groups is 2. The number of rotatable bonds is 3. The molecule has 17 heavy (non-hydrogen) atoms. The fourth-order valence-corrected chi connectivity index (χ4v) is 2.54. The third-order valence-electron chi connectivity index (χ3n) is 3.34. The van der Waals surface area contributed by atoms with Crippen LogP contribution in [0.1, 0.15) is 19.8 Å². The highest BCUT2D eigenvalue weighted by Gasteiger charge is 2.49. The average molecular weight is 235 g/mol. The van der Waals surface area contributed by atoms with Gasteiger partial charge in [-0.25, -0.2) is 0 Å². The highest BCUT2D eigenvalue weighted by atomic mass is 16.5. The van der Waals surface area contributed by atoms with Crippen molar-refractivity contribution in [2.75, 3.05) is 20.2 Å². The number of hydrogen-bond donors (Lipinski definition) is 0. The number of fused-ring (bicyclic) bond motifs is 1. The fraction of sp³-hybridized carbons (Fsp3) is 0.538. The molecule has 92 valence electrons. The molecule has 4 heteroatoms. The number of esters is 1. The fourth-order valence-electron chi connectivity index (χ4n) is 2.54. The van der Waals surface area contributed by atoms with Crippen LogP contribution >= 0.6 is 0 Å². The molecule has 0 bridgehead atoms. The summed E-state index contributed by atoms with van der Waals surface area (Å²) in [5.41, 5.74) is 0.264. The lowest BCUT2D eigenvalue weighted by Crippen LogP contribution is -2.34. The molecule has 0 saturated carbocycles. The molecule has 2 aliphatic rings. The van der Waals surface area contributed by atoms with E-state index in [1.165, 1.54) is 0 Å². The predicted octanol–water partition coefficient (Wildman–Crippen LogP) is 1.28. The zero-order valence-corrected chi connectivity index (χ0v) is 10.2. The van der Waals surface area contributed by atoms with E-state index in [9.17, 15) is 9.59 Å². The highest BCUT2D eigenvalue weighted by molar-refractivity contribution is 5.95. The number of allylic oxidation sites excluding steroid dienone is 2. The Bertz CT molecular complexity index is 411. The first kappa shape index (κ1) is 11.9. The van der Waals surface area contributed by atoms with Gasteiger partial charge in [0.15, 0.2) is 0 Å². The summed E-state index contributed by atoms with van der Waals surface area (Å²) in [6.07, 6.45) is 6.80. The molecule has 1 saturated heterocycles. The van der Waals surface area contributed by atoms with Gasteiger partial charge in [-0.2, -0.15) is 0 Å². The molecule has 4 nitrogen and oxygen atoms in total. The Kier molecular flexibility index (Phi) is 3.05. The Balaban J connectivity index is 2.28. The van der Waals surface area contributed by atoms with Crippen LogP contribution in [0.3, 0.4) is 0 Å². The molecule has 0 aromatic heterocycles. The molecule has 0 aromatic carbocycles. The minimum atomic E-state index is -0.765. The highest BCUT2D eigenvalue weighted by Crippen LogP contribution is 2.43. The number of ether oxygens (including phenoxy) is 1. The van der Waals surface area contributed by atoms with Crippen LogP contribution in [-0.4, -0.2) is 37.0 Å². The molecule has 0 N–H and O–H groups in total. The number of amides is 1. The monoisotopic (exact) mass is 235 g/mol. The molecule has 0 spiro atoms. The maximum absolute atomic E-state index is 12.2. The van der Waals surface area contributed by atoms with Gasteiger partial charge in [-0.15, -0.1) is 0 Å². The van der Waals surface area contributed by atoms with Gasteiger partial charge in [-0.05, 0) is 18.9 Å². The largest absolute Gasteiger partial charge is 0.466 e. The molecule has 1 unspecified atom stereocenters. The molecule has 1 aliphatic heterocycles. The standard InChI is InChI=1S/C13H17NO3/c1-3-17-11(15)8-13-7-5-4-6-10(13)9-14(2)12(13)16/h5-7H,3-4,8-9H2,1-2H3. The van der Waals surface area contributed by atoms with E-state index in [2.05, 4.69) is 0 Å². The van der Waals surface area contributed by atoms with E-state index in [4.69, 9.17) is 4.74 Å². The minimum Gasteiger partial charge on any atom is -0.466 e. The van der Waals surface area contributed by atoms with Gasteiger partial charge in [0, 0.05) is 13.6 Å². The molecular weight excluding hydrogens is 218 g/mol. The average Bonchev–Trinajstić information content (AvgIpc) is 2.53. The Morgan fingerprint density at radius 3 is 3.06 bits per heavy atom. The smallest absolute Gasteiger partial charge is 0.307 e. The molecule has 1 heterocycles. The van der Waals surface area contributed by atoms with E-state index in [1.807, 2.05) is 18.2 Å². The van der Waals surface area contributed by atoms with Crippen molar-refractivity contribution in [3.8, 4) is 0 Å². The van der Waals surface area contributed by atoms with E-state index < -0.39 is 5.41 Å². The first-order valence-electron chi connectivity index (χ1n) is 5.88. The van der Waals surface area contributed by atoms with E-state index in [0.29, 0.717) is 13.2 Å². The van der Waals surface area contributed by atoms with Crippen molar-refractivity contribution in [1.82, 2.24) is 4.90 Å². The topological polar surface area (TPSA) is 46.6 Å². The van der Waals surface area contributed by atoms with Gasteiger partial charge in [0.25, 0.3) is 0 Å². The normalized spacial score (nSPS) is 26.8. The van der Waals surface area contributed by atoms with Gasteiger partial charge >= 0.3 is 5.97 Å². The van der Waals surface area contributed by atoms with Crippen LogP contribution in [0.15, 0.2) is 23.8 Å². The van der Waals surface area contributed by atoms with Gasteiger partial charge in [-0.1, -0.05) is 18.2 Å².